The van der Waals surface area contributed by atoms with Gasteiger partial charge in [-0.1, -0.05) is 60.7 Å². The van der Waals surface area contributed by atoms with Crippen LogP contribution in [0.1, 0.15) is 45.2 Å². The largest absolute Gasteiger partial charge is 0.369 e. The van der Waals surface area contributed by atoms with Crippen LogP contribution in [0.25, 0.3) is 0 Å². The molecule has 0 fully saturated rings. The summed E-state index contributed by atoms with van der Waals surface area (Å²) >= 11 is 0. The van der Waals surface area contributed by atoms with Crippen LogP contribution in [0.5, 0.6) is 0 Å². The minimum Gasteiger partial charge on any atom is -0.369 e. The monoisotopic (exact) mass is 353 g/mol. The second-order valence-electron chi connectivity index (χ2n) is 7.42. The highest BCUT2D eigenvalue weighted by molar-refractivity contribution is 5.90. The van der Waals surface area contributed by atoms with Crippen molar-refractivity contribution in [1.82, 2.24) is 0 Å². The van der Waals surface area contributed by atoms with E-state index in [2.05, 4.69) is 27.7 Å². The van der Waals surface area contributed by atoms with Gasteiger partial charge in [-0.05, 0) is 38.8 Å². The maximum atomic E-state index is 12.9. The Labute approximate surface area is 158 Å². The predicted octanol–water partition coefficient (Wildman–Crippen LogP) is 4.11. The summed E-state index contributed by atoms with van der Waals surface area (Å²) in [5.74, 6) is -0.274. The van der Waals surface area contributed by atoms with Crippen molar-refractivity contribution in [1.29, 1.82) is 0 Å². The molecule has 3 heteroatoms. The van der Waals surface area contributed by atoms with E-state index in [0.717, 1.165) is 35.2 Å². The van der Waals surface area contributed by atoms with Crippen LogP contribution in [0.3, 0.4) is 0 Å². The summed E-state index contributed by atoms with van der Waals surface area (Å²) < 4.78 is 0.981. The average Bonchev–Trinajstić information content (AvgIpc) is 2.67. The summed E-state index contributed by atoms with van der Waals surface area (Å²) in [4.78, 5) is 12.9. The van der Waals surface area contributed by atoms with Crippen LogP contribution in [0.4, 0.5) is 0 Å². The summed E-state index contributed by atoms with van der Waals surface area (Å²) in [7, 11) is 0. The zero-order valence-electron chi connectivity index (χ0n) is 16.6. The topological polar surface area (TPSA) is 43.1 Å². The molecule has 0 saturated carbocycles. The molecule has 3 nitrogen and oxygen atoms in total. The summed E-state index contributed by atoms with van der Waals surface area (Å²) in [5.41, 5.74) is 7.24. The van der Waals surface area contributed by atoms with Crippen LogP contribution >= 0.6 is 0 Å². The number of nitrogens with two attached hydrogens (primary N) is 1. The van der Waals surface area contributed by atoms with Gasteiger partial charge >= 0.3 is 0 Å². The van der Waals surface area contributed by atoms with Gasteiger partial charge in [-0.25, -0.2) is 0 Å². The van der Waals surface area contributed by atoms with Crippen molar-refractivity contribution in [3.63, 3.8) is 0 Å². The molecule has 0 aromatic heterocycles. The van der Waals surface area contributed by atoms with Crippen molar-refractivity contribution < 1.29 is 9.28 Å². The fourth-order valence-electron chi connectivity index (χ4n) is 4.23. The molecule has 1 amide bonds. The van der Waals surface area contributed by atoms with Gasteiger partial charge in [0.2, 0.25) is 5.91 Å². The molecule has 0 aliphatic rings. The molecule has 0 atom stereocenters. The number of primary amides is 1. The first kappa shape index (κ1) is 20.2. The van der Waals surface area contributed by atoms with Gasteiger partial charge in [0.1, 0.15) is 5.41 Å². The van der Waals surface area contributed by atoms with Gasteiger partial charge in [0, 0.05) is 6.42 Å². The Morgan fingerprint density at radius 1 is 0.923 bits per heavy atom. The van der Waals surface area contributed by atoms with Gasteiger partial charge < -0.3 is 10.2 Å². The molecule has 0 unspecified atom stereocenters. The molecule has 0 radical (unpaired) electrons. The van der Waals surface area contributed by atoms with Crippen LogP contribution in [0, 0.1) is 0 Å². The standard InChI is InChI=1S/C23H32N2O/c1-5-25(6-2,19(3)4)18-17-23(22(24)26,20-13-9-7-10-14-20)21-15-11-8-12-16-21/h7-16,19H,5-6,17-18H2,1-4H3,(H-,24,26)/p+1. The van der Waals surface area contributed by atoms with Crippen LogP contribution in [-0.4, -0.2) is 36.1 Å². The van der Waals surface area contributed by atoms with Crippen molar-refractivity contribution in [2.45, 2.75) is 45.6 Å². The third-order valence-electron chi connectivity index (χ3n) is 6.24. The first-order valence-electron chi connectivity index (χ1n) is 9.69. The molecule has 0 saturated heterocycles. The first-order valence-corrected chi connectivity index (χ1v) is 9.69. The van der Waals surface area contributed by atoms with Crippen molar-refractivity contribution in [2.75, 3.05) is 19.6 Å². The third kappa shape index (κ3) is 3.68. The Morgan fingerprint density at radius 2 is 1.35 bits per heavy atom. The Kier molecular flexibility index (Phi) is 6.60. The van der Waals surface area contributed by atoms with Gasteiger partial charge in [-0.2, -0.15) is 0 Å². The van der Waals surface area contributed by atoms with E-state index in [0.29, 0.717) is 12.5 Å². The quantitative estimate of drug-likeness (QED) is 0.677. The Balaban J connectivity index is 2.56. The lowest BCUT2D eigenvalue weighted by atomic mass is 9.71. The lowest BCUT2D eigenvalue weighted by molar-refractivity contribution is -0.945. The molecule has 140 valence electrons. The van der Waals surface area contributed by atoms with E-state index in [1.165, 1.54) is 0 Å². The van der Waals surface area contributed by atoms with Crippen molar-refractivity contribution in [2.24, 2.45) is 5.73 Å². The van der Waals surface area contributed by atoms with Gasteiger partial charge in [0.05, 0.1) is 25.7 Å². The predicted molar refractivity (Wildman–Crippen MR) is 109 cm³/mol. The van der Waals surface area contributed by atoms with E-state index in [1.807, 2.05) is 60.7 Å². The van der Waals surface area contributed by atoms with Crippen molar-refractivity contribution in [3.05, 3.63) is 71.8 Å². The highest BCUT2D eigenvalue weighted by Crippen LogP contribution is 2.37. The number of carbonyl (C=O) groups excluding carboxylic acids is 1. The maximum absolute atomic E-state index is 12.9. The lowest BCUT2D eigenvalue weighted by Gasteiger charge is -2.43. The van der Waals surface area contributed by atoms with Gasteiger partial charge in [0.15, 0.2) is 0 Å². The number of benzene rings is 2. The zero-order valence-corrected chi connectivity index (χ0v) is 16.6. The summed E-state index contributed by atoms with van der Waals surface area (Å²) in [5, 5.41) is 0. The molecule has 26 heavy (non-hydrogen) atoms. The smallest absolute Gasteiger partial charge is 0.232 e. The van der Waals surface area contributed by atoms with Gasteiger partial charge in [-0.3, -0.25) is 4.79 Å². The number of hydrogen-bond acceptors (Lipinski definition) is 1. The van der Waals surface area contributed by atoms with Crippen LogP contribution < -0.4 is 5.73 Å². The molecule has 0 bridgehead atoms. The van der Waals surface area contributed by atoms with Crippen LogP contribution in [0.15, 0.2) is 60.7 Å². The fourth-order valence-corrected chi connectivity index (χ4v) is 4.23. The molecule has 0 spiro atoms. The molecule has 0 aliphatic heterocycles. The lowest BCUT2D eigenvalue weighted by Crippen LogP contribution is -2.56. The highest BCUT2D eigenvalue weighted by Gasteiger charge is 2.43. The number of carbonyl (C=O) groups is 1. The molecular weight excluding hydrogens is 320 g/mol. The van der Waals surface area contributed by atoms with E-state index in [4.69, 9.17) is 5.73 Å². The van der Waals surface area contributed by atoms with Crippen LogP contribution in [-0.2, 0) is 10.2 Å². The summed E-state index contributed by atoms with van der Waals surface area (Å²) in [6.45, 7) is 12.0. The first-order chi connectivity index (χ1) is 12.4. The molecule has 2 aromatic rings. The molecule has 2 N–H and O–H groups in total. The van der Waals surface area contributed by atoms with Crippen LogP contribution in [0.2, 0.25) is 0 Å². The highest BCUT2D eigenvalue weighted by atomic mass is 16.1. The second-order valence-corrected chi connectivity index (χ2v) is 7.42. The number of quaternary nitrogens is 1. The molecule has 0 heterocycles. The minimum atomic E-state index is -0.800. The second kappa shape index (κ2) is 8.50. The van der Waals surface area contributed by atoms with Crippen molar-refractivity contribution in [3.8, 4) is 0 Å². The minimum absolute atomic E-state index is 0.274. The Morgan fingerprint density at radius 3 is 1.65 bits per heavy atom. The Bertz CT molecular complexity index is 651. The van der Waals surface area contributed by atoms with E-state index in [9.17, 15) is 4.79 Å². The number of amides is 1. The summed E-state index contributed by atoms with van der Waals surface area (Å²) in [6.07, 6.45) is 0.705. The summed E-state index contributed by atoms with van der Waals surface area (Å²) in [6, 6.07) is 20.5. The number of rotatable bonds is 9. The SMILES string of the molecule is CC[N+](CC)(CCC(C(N)=O)(c1ccccc1)c1ccccc1)C(C)C. The van der Waals surface area contributed by atoms with E-state index >= 15 is 0 Å². The van der Waals surface area contributed by atoms with E-state index in [1.54, 1.807) is 0 Å². The number of nitrogens with zero attached hydrogens (tertiary/aromatic N) is 1. The Hall–Kier alpha value is -2.13. The normalized spacial score (nSPS) is 12.3. The zero-order chi connectivity index (χ0) is 19.2. The van der Waals surface area contributed by atoms with Gasteiger partial charge in [-0.15, -0.1) is 0 Å². The molecule has 2 rings (SSSR count). The van der Waals surface area contributed by atoms with Gasteiger partial charge in [0.25, 0.3) is 0 Å². The number of hydrogen-bond donors (Lipinski definition) is 1. The van der Waals surface area contributed by atoms with E-state index < -0.39 is 5.41 Å². The van der Waals surface area contributed by atoms with Crippen molar-refractivity contribution >= 4 is 5.91 Å². The molecule has 2 aromatic carbocycles. The molecule has 0 aliphatic carbocycles. The molecular formula is C23H33N2O+. The maximum Gasteiger partial charge on any atom is 0.232 e. The third-order valence-corrected chi connectivity index (χ3v) is 6.24. The van der Waals surface area contributed by atoms with E-state index in [-0.39, 0.29) is 5.91 Å². The average molecular weight is 354 g/mol. The fraction of sp³-hybridized carbons (Fsp3) is 0.435.